The summed E-state index contributed by atoms with van der Waals surface area (Å²) in [5.41, 5.74) is 0. The smallest absolute Gasteiger partial charge is 0.234 e. The number of amides is 1. The maximum absolute atomic E-state index is 11.9. The van der Waals surface area contributed by atoms with Gasteiger partial charge in [0.15, 0.2) is 0 Å². The maximum Gasteiger partial charge on any atom is 0.234 e. The molecular formula is C17H33N3O2. The summed E-state index contributed by atoms with van der Waals surface area (Å²) in [5, 5.41) is 3.02. The van der Waals surface area contributed by atoms with Gasteiger partial charge in [0.2, 0.25) is 5.91 Å². The van der Waals surface area contributed by atoms with Gasteiger partial charge < -0.3 is 15.0 Å². The van der Waals surface area contributed by atoms with Gasteiger partial charge >= 0.3 is 0 Å². The lowest BCUT2D eigenvalue weighted by atomic mass is 9.98. The topological polar surface area (TPSA) is 44.8 Å². The van der Waals surface area contributed by atoms with Crippen molar-refractivity contribution in [2.75, 3.05) is 52.4 Å². The number of piperazine rings is 1. The van der Waals surface area contributed by atoms with E-state index in [0.717, 1.165) is 52.3 Å². The van der Waals surface area contributed by atoms with Crippen molar-refractivity contribution in [3.8, 4) is 0 Å². The summed E-state index contributed by atoms with van der Waals surface area (Å²) in [6.45, 7) is 9.54. The second kappa shape index (κ2) is 10.2. The van der Waals surface area contributed by atoms with Crippen LogP contribution in [-0.2, 0) is 9.53 Å². The quantitative estimate of drug-likeness (QED) is 0.690. The zero-order valence-corrected chi connectivity index (χ0v) is 14.2. The van der Waals surface area contributed by atoms with E-state index in [0.29, 0.717) is 12.6 Å². The molecule has 2 fully saturated rings. The summed E-state index contributed by atoms with van der Waals surface area (Å²) in [4.78, 5) is 16.6. The fraction of sp³-hybridized carbons (Fsp3) is 0.941. The van der Waals surface area contributed by atoms with Crippen molar-refractivity contribution in [3.05, 3.63) is 0 Å². The first-order valence-electron chi connectivity index (χ1n) is 9.11. The highest BCUT2D eigenvalue weighted by molar-refractivity contribution is 5.77. The Hall–Kier alpha value is -0.650. The number of nitrogens with one attached hydrogen (secondary N) is 1. The van der Waals surface area contributed by atoms with Crippen LogP contribution in [0.5, 0.6) is 0 Å². The molecule has 0 radical (unpaired) electrons. The Kier molecular flexibility index (Phi) is 8.20. The highest BCUT2D eigenvalue weighted by atomic mass is 16.5. The lowest BCUT2D eigenvalue weighted by molar-refractivity contribution is -0.122. The van der Waals surface area contributed by atoms with Crippen LogP contribution in [0.4, 0.5) is 0 Å². The number of likely N-dealkylation sites (N-methyl/N-ethyl adjacent to an activating group) is 1. The third-order valence-electron chi connectivity index (χ3n) is 4.83. The van der Waals surface area contributed by atoms with E-state index in [-0.39, 0.29) is 5.91 Å². The maximum atomic E-state index is 11.9. The molecule has 0 aromatic rings. The lowest BCUT2D eigenvalue weighted by Crippen LogP contribution is -2.49. The Morgan fingerprint density at radius 1 is 1.09 bits per heavy atom. The van der Waals surface area contributed by atoms with Gasteiger partial charge in [0, 0.05) is 39.3 Å². The van der Waals surface area contributed by atoms with Gasteiger partial charge in [0.1, 0.15) is 0 Å². The van der Waals surface area contributed by atoms with Gasteiger partial charge in [0.25, 0.3) is 0 Å². The van der Waals surface area contributed by atoms with E-state index in [1.54, 1.807) is 0 Å². The molecule has 1 aliphatic carbocycles. The first-order chi connectivity index (χ1) is 10.8. The fourth-order valence-electron chi connectivity index (χ4n) is 3.30. The van der Waals surface area contributed by atoms with E-state index < -0.39 is 0 Å². The van der Waals surface area contributed by atoms with Crippen LogP contribution in [0.2, 0.25) is 0 Å². The van der Waals surface area contributed by atoms with E-state index in [1.807, 2.05) is 0 Å². The molecule has 1 heterocycles. The van der Waals surface area contributed by atoms with Crippen molar-refractivity contribution < 1.29 is 9.53 Å². The zero-order chi connectivity index (χ0) is 15.6. The molecule has 128 valence electrons. The molecule has 1 amide bonds. The molecule has 0 spiro atoms. The molecule has 22 heavy (non-hydrogen) atoms. The van der Waals surface area contributed by atoms with Gasteiger partial charge in [-0.1, -0.05) is 26.2 Å². The third kappa shape index (κ3) is 6.63. The van der Waals surface area contributed by atoms with Crippen molar-refractivity contribution in [1.29, 1.82) is 0 Å². The van der Waals surface area contributed by atoms with Crippen LogP contribution in [0, 0.1) is 0 Å². The molecule has 1 saturated carbocycles. The molecule has 1 saturated heterocycles. The highest BCUT2D eigenvalue weighted by Crippen LogP contribution is 2.20. The van der Waals surface area contributed by atoms with Crippen molar-refractivity contribution >= 4 is 5.91 Å². The molecule has 0 aromatic carbocycles. The Balaban J connectivity index is 1.45. The van der Waals surface area contributed by atoms with Gasteiger partial charge in [-0.2, -0.15) is 0 Å². The van der Waals surface area contributed by atoms with Gasteiger partial charge in [-0.05, 0) is 25.8 Å². The number of carbonyl (C=O) groups excluding carboxylic acids is 1. The molecular weight excluding hydrogens is 278 g/mol. The molecule has 1 N–H and O–H groups in total. The molecule has 5 heteroatoms. The minimum atomic E-state index is 0.155. The van der Waals surface area contributed by atoms with E-state index in [2.05, 4.69) is 22.0 Å². The number of ether oxygens (including phenoxy) is 1. The second-order valence-electron chi connectivity index (χ2n) is 6.54. The molecule has 0 unspecified atom stereocenters. The molecule has 2 rings (SSSR count). The predicted octanol–water partition coefficient (Wildman–Crippen LogP) is 1.48. The Bertz CT molecular complexity index is 311. The molecule has 5 nitrogen and oxygen atoms in total. The van der Waals surface area contributed by atoms with E-state index in [1.165, 1.54) is 32.1 Å². The first-order valence-corrected chi connectivity index (χ1v) is 9.11. The van der Waals surface area contributed by atoms with Crippen LogP contribution in [0.15, 0.2) is 0 Å². The summed E-state index contributed by atoms with van der Waals surface area (Å²) in [7, 11) is 0. The van der Waals surface area contributed by atoms with E-state index in [9.17, 15) is 4.79 Å². The van der Waals surface area contributed by atoms with Gasteiger partial charge in [-0.15, -0.1) is 0 Å². The van der Waals surface area contributed by atoms with Crippen LogP contribution in [0.25, 0.3) is 0 Å². The summed E-state index contributed by atoms with van der Waals surface area (Å²) in [5.74, 6) is 0.155. The van der Waals surface area contributed by atoms with Crippen molar-refractivity contribution in [2.45, 2.75) is 51.6 Å². The predicted molar refractivity (Wildman–Crippen MR) is 89.0 cm³/mol. The Morgan fingerprint density at radius 3 is 2.45 bits per heavy atom. The number of hydrogen-bond acceptors (Lipinski definition) is 4. The van der Waals surface area contributed by atoms with Crippen molar-refractivity contribution in [1.82, 2.24) is 15.1 Å². The van der Waals surface area contributed by atoms with Gasteiger partial charge in [0.05, 0.1) is 12.6 Å². The Morgan fingerprint density at radius 2 is 1.77 bits per heavy atom. The summed E-state index contributed by atoms with van der Waals surface area (Å²) in [6.07, 6.45) is 7.82. The minimum Gasteiger partial charge on any atom is -0.378 e. The zero-order valence-electron chi connectivity index (χ0n) is 14.2. The number of nitrogens with zero attached hydrogens (tertiary/aromatic N) is 2. The lowest BCUT2D eigenvalue weighted by Gasteiger charge is -2.33. The molecule has 2 aliphatic rings. The van der Waals surface area contributed by atoms with Crippen LogP contribution >= 0.6 is 0 Å². The van der Waals surface area contributed by atoms with Crippen LogP contribution < -0.4 is 5.32 Å². The minimum absolute atomic E-state index is 0.155. The van der Waals surface area contributed by atoms with Crippen LogP contribution in [0.3, 0.4) is 0 Å². The van der Waals surface area contributed by atoms with Crippen LogP contribution in [-0.4, -0.2) is 74.2 Å². The van der Waals surface area contributed by atoms with Crippen molar-refractivity contribution in [2.24, 2.45) is 0 Å². The van der Waals surface area contributed by atoms with Gasteiger partial charge in [-0.25, -0.2) is 0 Å². The summed E-state index contributed by atoms with van der Waals surface area (Å²) in [6, 6.07) is 0. The van der Waals surface area contributed by atoms with Gasteiger partial charge in [-0.3, -0.25) is 9.69 Å². The summed E-state index contributed by atoms with van der Waals surface area (Å²) < 4.78 is 5.87. The standard InChI is InChI=1S/C17H33N3O2/c1-2-19-10-12-20(13-11-19)15-17(21)18-9-6-14-22-16-7-4-3-5-8-16/h16H,2-15H2,1H3,(H,18,21). The normalized spacial score (nSPS) is 21.9. The molecule has 0 bridgehead atoms. The molecule has 1 aliphatic heterocycles. The second-order valence-corrected chi connectivity index (χ2v) is 6.54. The fourth-order valence-corrected chi connectivity index (χ4v) is 3.30. The summed E-state index contributed by atoms with van der Waals surface area (Å²) >= 11 is 0. The molecule has 0 atom stereocenters. The van der Waals surface area contributed by atoms with E-state index in [4.69, 9.17) is 4.74 Å². The van der Waals surface area contributed by atoms with Crippen molar-refractivity contribution in [3.63, 3.8) is 0 Å². The number of hydrogen-bond donors (Lipinski definition) is 1. The molecule has 0 aromatic heterocycles. The average Bonchev–Trinajstić information content (AvgIpc) is 2.56. The van der Waals surface area contributed by atoms with Crippen LogP contribution in [0.1, 0.15) is 45.4 Å². The number of carbonyl (C=O) groups is 1. The highest BCUT2D eigenvalue weighted by Gasteiger charge is 2.17. The van der Waals surface area contributed by atoms with E-state index >= 15 is 0 Å². The number of rotatable bonds is 8. The third-order valence-corrected chi connectivity index (χ3v) is 4.83. The average molecular weight is 311 g/mol. The SMILES string of the molecule is CCN1CCN(CC(=O)NCCCOC2CCCCC2)CC1. The monoisotopic (exact) mass is 311 g/mol. The first kappa shape index (κ1) is 17.7. The largest absolute Gasteiger partial charge is 0.378 e. The Labute approximate surface area is 135 Å².